The van der Waals surface area contributed by atoms with Crippen molar-refractivity contribution in [3.63, 3.8) is 0 Å². The Bertz CT molecular complexity index is 293. The average molecular weight is 261 g/mol. The van der Waals surface area contributed by atoms with Gasteiger partial charge in [0.2, 0.25) is 0 Å². The van der Waals surface area contributed by atoms with Crippen molar-refractivity contribution in [2.45, 2.75) is 58.4 Å². The molecule has 102 valence electrons. The molecule has 1 fully saturated rings. The number of hydrogen-bond donors (Lipinski definition) is 1. The summed E-state index contributed by atoms with van der Waals surface area (Å²) in [5.74, 6) is 0.910. The van der Waals surface area contributed by atoms with Crippen LogP contribution in [0.25, 0.3) is 0 Å². The summed E-state index contributed by atoms with van der Waals surface area (Å²) >= 11 is 0. The molecule has 17 heavy (non-hydrogen) atoms. The molecule has 1 rings (SSSR count). The monoisotopic (exact) mass is 261 g/mol. The number of nitrogens with one attached hydrogen (secondary N) is 1. The second-order valence-electron chi connectivity index (χ2n) is 5.65. The van der Waals surface area contributed by atoms with Gasteiger partial charge in [-0.3, -0.25) is 0 Å². The van der Waals surface area contributed by atoms with Gasteiger partial charge in [-0.1, -0.05) is 33.1 Å². The van der Waals surface area contributed by atoms with Gasteiger partial charge in [-0.2, -0.15) is 0 Å². The largest absolute Gasteiger partial charge is 0.314 e. The van der Waals surface area contributed by atoms with Gasteiger partial charge in [0.25, 0.3) is 0 Å². The number of sulfone groups is 1. The second-order valence-corrected chi connectivity index (χ2v) is 7.88. The predicted molar refractivity (Wildman–Crippen MR) is 73.0 cm³/mol. The van der Waals surface area contributed by atoms with Crippen LogP contribution in [0.4, 0.5) is 0 Å². The van der Waals surface area contributed by atoms with Crippen LogP contribution < -0.4 is 5.32 Å². The van der Waals surface area contributed by atoms with Crippen LogP contribution in [-0.2, 0) is 9.84 Å². The number of hydrogen-bond acceptors (Lipinski definition) is 3. The van der Waals surface area contributed by atoms with Gasteiger partial charge >= 0.3 is 0 Å². The summed E-state index contributed by atoms with van der Waals surface area (Å²) in [4.78, 5) is 0. The van der Waals surface area contributed by atoms with Gasteiger partial charge in [0.15, 0.2) is 9.84 Å². The molecule has 0 atom stereocenters. The zero-order valence-corrected chi connectivity index (χ0v) is 12.1. The molecule has 3 nitrogen and oxygen atoms in total. The van der Waals surface area contributed by atoms with Gasteiger partial charge in [0.05, 0.1) is 11.5 Å². The summed E-state index contributed by atoms with van der Waals surface area (Å²) in [6.07, 6.45) is 7.29. The Morgan fingerprint density at radius 1 is 1.18 bits per heavy atom. The van der Waals surface area contributed by atoms with Crippen LogP contribution in [-0.4, -0.2) is 32.5 Å². The first-order chi connectivity index (χ1) is 7.99. The van der Waals surface area contributed by atoms with Gasteiger partial charge in [-0.25, -0.2) is 8.42 Å². The summed E-state index contributed by atoms with van der Waals surface area (Å²) in [5.41, 5.74) is 0. The Labute approximate surface area is 106 Å². The minimum absolute atomic E-state index is 0.242. The molecule has 0 amide bonds. The molecule has 1 aliphatic rings. The second kappa shape index (κ2) is 7.37. The molecular weight excluding hydrogens is 234 g/mol. The minimum Gasteiger partial charge on any atom is -0.314 e. The van der Waals surface area contributed by atoms with E-state index in [-0.39, 0.29) is 5.92 Å². The van der Waals surface area contributed by atoms with Crippen molar-refractivity contribution in [3.05, 3.63) is 0 Å². The lowest BCUT2D eigenvalue weighted by Gasteiger charge is -2.22. The maximum atomic E-state index is 11.7. The van der Waals surface area contributed by atoms with Gasteiger partial charge in [0.1, 0.15) is 0 Å². The van der Waals surface area contributed by atoms with Crippen molar-refractivity contribution in [1.82, 2.24) is 5.32 Å². The summed E-state index contributed by atoms with van der Waals surface area (Å²) in [6, 6.07) is 0.636. The van der Waals surface area contributed by atoms with Crippen molar-refractivity contribution in [1.29, 1.82) is 0 Å². The first-order valence-corrected chi connectivity index (χ1v) is 8.75. The molecule has 0 spiro atoms. The topological polar surface area (TPSA) is 46.2 Å². The first kappa shape index (κ1) is 15.0. The molecule has 0 saturated heterocycles. The fourth-order valence-corrected chi connectivity index (χ4v) is 4.26. The molecular formula is C13H27NO2S. The van der Waals surface area contributed by atoms with Crippen LogP contribution in [0.2, 0.25) is 0 Å². The van der Waals surface area contributed by atoms with Gasteiger partial charge < -0.3 is 5.32 Å². The summed E-state index contributed by atoms with van der Waals surface area (Å²) in [7, 11) is -2.82. The van der Waals surface area contributed by atoms with E-state index in [1.54, 1.807) is 0 Å². The van der Waals surface area contributed by atoms with E-state index in [1.807, 2.05) is 13.8 Å². The molecule has 0 aliphatic heterocycles. The van der Waals surface area contributed by atoms with Gasteiger partial charge in [0, 0.05) is 6.04 Å². The van der Waals surface area contributed by atoms with Crippen LogP contribution in [0.5, 0.6) is 0 Å². The molecule has 1 aliphatic carbocycles. The van der Waals surface area contributed by atoms with E-state index in [4.69, 9.17) is 0 Å². The van der Waals surface area contributed by atoms with E-state index in [0.29, 0.717) is 17.5 Å². The smallest absolute Gasteiger partial charge is 0.150 e. The number of rotatable bonds is 7. The fourth-order valence-electron chi connectivity index (χ4n) is 2.50. The summed E-state index contributed by atoms with van der Waals surface area (Å²) in [5, 5.41) is 3.48. The highest BCUT2D eigenvalue weighted by Crippen LogP contribution is 2.17. The summed E-state index contributed by atoms with van der Waals surface area (Å²) < 4.78 is 23.3. The highest BCUT2D eigenvalue weighted by Gasteiger charge is 2.14. The third-order valence-corrected chi connectivity index (χ3v) is 5.34. The quantitative estimate of drug-likeness (QED) is 0.716. The molecule has 0 aromatic rings. The molecule has 4 heteroatoms. The van der Waals surface area contributed by atoms with Crippen LogP contribution >= 0.6 is 0 Å². The summed E-state index contributed by atoms with van der Waals surface area (Å²) in [6.45, 7) is 4.76. The van der Waals surface area contributed by atoms with Crippen molar-refractivity contribution in [3.8, 4) is 0 Å². The van der Waals surface area contributed by atoms with Gasteiger partial charge in [-0.15, -0.1) is 0 Å². The fraction of sp³-hybridized carbons (Fsp3) is 1.00. The van der Waals surface area contributed by atoms with Crippen LogP contribution in [0.15, 0.2) is 0 Å². The van der Waals surface area contributed by atoms with E-state index in [9.17, 15) is 8.42 Å². The molecule has 0 aromatic carbocycles. The maximum absolute atomic E-state index is 11.7. The van der Waals surface area contributed by atoms with Gasteiger partial charge in [-0.05, 0) is 31.7 Å². The molecule has 0 unspecified atom stereocenters. The molecule has 0 aromatic heterocycles. The maximum Gasteiger partial charge on any atom is 0.150 e. The lowest BCUT2D eigenvalue weighted by Crippen LogP contribution is -2.32. The zero-order valence-electron chi connectivity index (χ0n) is 11.2. The van der Waals surface area contributed by atoms with E-state index < -0.39 is 9.84 Å². The van der Waals surface area contributed by atoms with E-state index >= 15 is 0 Å². The third kappa shape index (κ3) is 7.04. The highest BCUT2D eigenvalue weighted by molar-refractivity contribution is 7.91. The van der Waals surface area contributed by atoms with E-state index in [2.05, 4.69) is 5.32 Å². The lowest BCUT2D eigenvalue weighted by molar-refractivity contribution is 0.374. The van der Waals surface area contributed by atoms with E-state index in [1.165, 1.54) is 32.1 Å². The zero-order chi connectivity index (χ0) is 12.7. The van der Waals surface area contributed by atoms with Crippen LogP contribution in [0.3, 0.4) is 0 Å². The SMILES string of the molecule is CC(C)CS(=O)(=O)CCCNC1CCCCC1. The van der Waals surface area contributed by atoms with E-state index in [0.717, 1.165) is 13.0 Å². The third-order valence-electron chi connectivity index (χ3n) is 3.26. The molecule has 0 bridgehead atoms. The standard InChI is InChI=1S/C13H27NO2S/c1-12(2)11-17(15,16)10-6-9-14-13-7-4-3-5-8-13/h12-14H,3-11H2,1-2H3. The highest BCUT2D eigenvalue weighted by atomic mass is 32.2. The Hall–Kier alpha value is -0.0900. The molecule has 0 radical (unpaired) electrons. The first-order valence-electron chi connectivity index (χ1n) is 6.93. The Morgan fingerprint density at radius 2 is 1.82 bits per heavy atom. The molecule has 1 N–H and O–H groups in total. The minimum atomic E-state index is -2.82. The lowest BCUT2D eigenvalue weighted by atomic mass is 9.95. The predicted octanol–water partition coefficient (Wildman–Crippen LogP) is 2.37. The Morgan fingerprint density at radius 3 is 2.41 bits per heavy atom. The van der Waals surface area contributed by atoms with Crippen molar-refractivity contribution >= 4 is 9.84 Å². The van der Waals surface area contributed by atoms with Crippen LogP contribution in [0.1, 0.15) is 52.4 Å². The Kier molecular flexibility index (Phi) is 6.49. The van der Waals surface area contributed by atoms with Crippen molar-refractivity contribution < 1.29 is 8.42 Å². The normalized spacial score (nSPS) is 18.8. The Balaban J connectivity index is 2.10. The average Bonchev–Trinajstić information content (AvgIpc) is 2.24. The van der Waals surface area contributed by atoms with Crippen LogP contribution in [0, 0.1) is 5.92 Å². The van der Waals surface area contributed by atoms with Crippen molar-refractivity contribution in [2.75, 3.05) is 18.1 Å². The molecule has 1 saturated carbocycles. The van der Waals surface area contributed by atoms with Crippen molar-refractivity contribution in [2.24, 2.45) is 5.92 Å². The molecule has 0 heterocycles.